The first kappa shape index (κ1) is 11.4. The van der Waals surface area contributed by atoms with Crippen LogP contribution in [0.1, 0.15) is 5.56 Å². The zero-order valence-electron chi connectivity index (χ0n) is 9.08. The van der Waals surface area contributed by atoms with Gasteiger partial charge in [-0.2, -0.15) is 0 Å². The number of hydrogen-bond acceptors (Lipinski definition) is 3. The van der Waals surface area contributed by atoms with Gasteiger partial charge in [0.05, 0.1) is 0 Å². The van der Waals surface area contributed by atoms with E-state index in [1.165, 1.54) is 0 Å². The largest absolute Gasteiger partial charge is 0.507 e. The van der Waals surface area contributed by atoms with Crippen LogP contribution in [0.2, 0.25) is 0 Å². The van der Waals surface area contributed by atoms with Gasteiger partial charge in [-0.3, -0.25) is 4.79 Å². The van der Waals surface area contributed by atoms with E-state index in [1.54, 1.807) is 48.6 Å². The molecule has 1 aromatic carbocycles. The average Bonchev–Trinajstić information content (AvgIpc) is 2.34. The number of benzene rings is 1. The summed E-state index contributed by atoms with van der Waals surface area (Å²) >= 11 is 0. The van der Waals surface area contributed by atoms with Gasteiger partial charge in [0.25, 0.3) is 0 Å². The third-order valence-corrected chi connectivity index (χ3v) is 2.60. The van der Waals surface area contributed by atoms with Crippen molar-refractivity contribution in [3.8, 4) is 5.75 Å². The van der Waals surface area contributed by atoms with E-state index >= 15 is 0 Å². The molecule has 0 spiro atoms. The van der Waals surface area contributed by atoms with E-state index in [0.29, 0.717) is 23.0 Å². The number of aldehydes is 1. The van der Waals surface area contributed by atoms with Gasteiger partial charge in [0, 0.05) is 11.1 Å². The van der Waals surface area contributed by atoms with E-state index in [0.717, 1.165) is 0 Å². The Labute approximate surface area is 99.0 Å². The number of carbonyl (C=O) groups is 1. The Morgan fingerprint density at radius 2 is 2.00 bits per heavy atom. The SMILES string of the molecule is O=CC1=CC=CC(=Cc2ccccc2O)C1O. The summed E-state index contributed by atoms with van der Waals surface area (Å²) in [6.07, 6.45) is 6.34. The number of aliphatic hydroxyl groups is 1. The zero-order chi connectivity index (χ0) is 12.3. The molecule has 0 heterocycles. The smallest absolute Gasteiger partial charge is 0.148 e. The number of carbonyl (C=O) groups excluding carboxylic acids is 1. The first-order valence-corrected chi connectivity index (χ1v) is 5.23. The average molecular weight is 228 g/mol. The molecule has 2 rings (SSSR count). The van der Waals surface area contributed by atoms with Gasteiger partial charge in [-0.1, -0.05) is 36.4 Å². The summed E-state index contributed by atoms with van der Waals surface area (Å²) in [5.74, 6) is 0.141. The van der Waals surface area contributed by atoms with Gasteiger partial charge in [0.2, 0.25) is 0 Å². The van der Waals surface area contributed by atoms with E-state index in [9.17, 15) is 15.0 Å². The second-order valence-electron chi connectivity index (χ2n) is 3.75. The second kappa shape index (κ2) is 4.80. The van der Waals surface area contributed by atoms with E-state index in [2.05, 4.69) is 0 Å². The van der Waals surface area contributed by atoms with Crippen molar-refractivity contribution in [1.82, 2.24) is 0 Å². The number of aliphatic hydroxyl groups excluding tert-OH is 1. The molecule has 2 N–H and O–H groups in total. The molecule has 86 valence electrons. The number of allylic oxidation sites excluding steroid dienone is 2. The fourth-order valence-corrected chi connectivity index (χ4v) is 1.66. The molecular weight excluding hydrogens is 216 g/mol. The van der Waals surface area contributed by atoms with Crippen LogP contribution in [0.5, 0.6) is 5.75 Å². The lowest BCUT2D eigenvalue weighted by atomic mass is 9.95. The van der Waals surface area contributed by atoms with Gasteiger partial charge in [-0.15, -0.1) is 0 Å². The van der Waals surface area contributed by atoms with Gasteiger partial charge in [0.1, 0.15) is 18.1 Å². The van der Waals surface area contributed by atoms with Gasteiger partial charge in [0.15, 0.2) is 0 Å². The fourth-order valence-electron chi connectivity index (χ4n) is 1.66. The fraction of sp³-hybridized carbons (Fsp3) is 0.0714. The van der Waals surface area contributed by atoms with Crippen molar-refractivity contribution >= 4 is 12.4 Å². The lowest BCUT2D eigenvalue weighted by Gasteiger charge is -2.15. The lowest BCUT2D eigenvalue weighted by Crippen LogP contribution is -2.15. The summed E-state index contributed by atoms with van der Waals surface area (Å²) in [6, 6.07) is 6.83. The number of phenolic OH excluding ortho intramolecular Hbond substituents is 1. The van der Waals surface area contributed by atoms with Crippen LogP contribution in [0.15, 0.2) is 53.6 Å². The summed E-state index contributed by atoms with van der Waals surface area (Å²) in [4.78, 5) is 10.7. The highest BCUT2D eigenvalue weighted by Crippen LogP contribution is 2.24. The second-order valence-corrected chi connectivity index (χ2v) is 3.75. The first-order chi connectivity index (χ1) is 8.22. The normalized spacial score (nSPS) is 21.4. The van der Waals surface area contributed by atoms with Crippen LogP contribution in [-0.2, 0) is 4.79 Å². The van der Waals surface area contributed by atoms with Crippen LogP contribution < -0.4 is 0 Å². The Morgan fingerprint density at radius 3 is 2.71 bits per heavy atom. The van der Waals surface area contributed by atoms with Crippen molar-refractivity contribution in [3.05, 3.63) is 59.2 Å². The molecule has 0 radical (unpaired) electrons. The lowest BCUT2D eigenvalue weighted by molar-refractivity contribution is -0.105. The predicted molar refractivity (Wildman–Crippen MR) is 65.4 cm³/mol. The van der Waals surface area contributed by atoms with Crippen molar-refractivity contribution in [2.45, 2.75) is 6.10 Å². The Bertz CT molecular complexity index is 524. The molecule has 0 aliphatic heterocycles. The molecule has 3 nitrogen and oxygen atoms in total. The highest BCUT2D eigenvalue weighted by molar-refractivity contribution is 5.79. The van der Waals surface area contributed by atoms with Crippen LogP contribution in [-0.4, -0.2) is 22.6 Å². The summed E-state index contributed by atoms with van der Waals surface area (Å²) in [5.41, 5.74) is 1.50. The molecule has 0 fully saturated rings. The predicted octanol–water partition coefficient (Wildman–Crippen LogP) is 1.83. The number of rotatable bonds is 2. The van der Waals surface area contributed by atoms with Gasteiger partial charge in [-0.25, -0.2) is 0 Å². The first-order valence-electron chi connectivity index (χ1n) is 5.23. The molecule has 17 heavy (non-hydrogen) atoms. The number of para-hydroxylation sites is 1. The Morgan fingerprint density at radius 1 is 1.24 bits per heavy atom. The van der Waals surface area contributed by atoms with Crippen LogP contribution in [0.25, 0.3) is 6.08 Å². The highest BCUT2D eigenvalue weighted by Gasteiger charge is 2.16. The van der Waals surface area contributed by atoms with Crippen molar-refractivity contribution in [2.75, 3.05) is 0 Å². The van der Waals surface area contributed by atoms with Crippen molar-refractivity contribution in [1.29, 1.82) is 0 Å². The summed E-state index contributed by atoms with van der Waals surface area (Å²) in [7, 11) is 0. The monoisotopic (exact) mass is 228 g/mol. The summed E-state index contributed by atoms with van der Waals surface area (Å²) in [5, 5.41) is 19.5. The molecule has 0 saturated heterocycles. The third kappa shape index (κ3) is 2.34. The maximum atomic E-state index is 10.7. The van der Waals surface area contributed by atoms with Crippen LogP contribution >= 0.6 is 0 Å². The molecule has 1 aromatic rings. The molecular formula is C14H12O3. The van der Waals surface area contributed by atoms with E-state index in [-0.39, 0.29) is 5.75 Å². The molecule has 1 aliphatic rings. The molecule has 0 amide bonds. The minimum atomic E-state index is -0.933. The minimum absolute atomic E-state index is 0.141. The van der Waals surface area contributed by atoms with Crippen molar-refractivity contribution in [2.24, 2.45) is 0 Å². The molecule has 1 aliphatic carbocycles. The molecule has 0 bridgehead atoms. The van der Waals surface area contributed by atoms with E-state index in [1.807, 2.05) is 0 Å². The van der Waals surface area contributed by atoms with E-state index in [4.69, 9.17) is 0 Å². The number of phenols is 1. The number of hydrogen-bond donors (Lipinski definition) is 2. The van der Waals surface area contributed by atoms with Gasteiger partial charge >= 0.3 is 0 Å². The van der Waals surface area contributed by atoms with Gasteiger partial charge in [-0.05, 0) is 17.7 Å². The highest BCUT2D eigenvalue weighted by atomic mass is 16.3. The molecule has 0 saturated carbocycles. The summed E-state index contributed by atoms with van der Waals surface area (Å²) in [6.45, 7) is 0. The Kier molecular flexibility index (Phi) is 3.21. The Balaban J connectivity index is 2.36. The zero-order valence-corrected chi connectivity index (χ0v) is 9.08. The van der Waals surface area contributed by atoms with Crippen molar-refractivity contribution < 1.29 is 15.0 Å². The maximum absolute atomic E-state index is 10.7. The maximum Gasteiger partial charge on any atom is 0.148 e. The minimum Gasteiger partial charge on any atom is -0.507 e. The van der Waals surface area contributed by atoms with Crippen LogP contribution in [0.3, 0.4) is 0 Å². The topological polar surface area (TPSA) is 57.5 Å². The number of aromatic hydroxyl groups is 1. The molecule has 1 atom stereocenters. The quantitative estimate of drug-likeness (QED) is 0.759. The van der Waals surface area contributed by atoms with Crippen LogP contribution in [0, 0.1) is 0 Å². The third-order valence-electron chi connectivity index (χ3n) is 2.60. The Hall–Kier alpha value is -2.13. The van der Waals surface area contributed by atoms with Crippen LogP contribution in [0.4, 0.5) is 0 Å². The van der Waals surface area contributed by atoms with Crippen molar-refractivity contribution in [3.63, 3.8) is 0 Å². The van der Waals surface area contributed by atoms with E-state index < -0.39 is 6.10 Å². The summed E-state index contributed by atoms with van der Waals surface area (Å²) < 4.78 is 0. The van der Waals surface area contributed by atoms with Gasteiger partial charge < -0.3 is 10.2 Å². The molecule has 1 unspecified atom stereocenters. The molecule has 3 heteroatoms. The standard InChI is InChI=1S/C14H12O3/c15-9-12-6-3-5-11(14(12)17)8-10-4-1-2-7-13(10)16/h1-9,14,16-17H. The molecule has 0 aromatic heterocycles.